The van der Waals surface area contributed by atoms with E-state index >= 15 is 0 Å². The summed E-state index contributed by atoms with van der Waals surface area (Å²) < 4.78 is 24.8. The number of carbonyl (C=O) groups is 1. The summed E-state index contributed by atoms with van der Waals surface area (Å²) in [7, 11) is 0. The standard InChI is InChI=1S/C7H6FNO.C5H3BrFN/c1-5(10)7-3-2-6(8)4-9-7;6-5-2-1-4(7)3-8-5/h2-4H,1H3;1-3H. The maximum Gasteiger partial charge on any atom is 0.178 e. The Morgan fingerprint density at radius 3 is 1.94 bits per heavy atom. The van der Waals surface area contributed by atoms with Crippen LogP contribution >= 0.6 is 15.9 Å². The molecule has 0 aliphatic carbocycles. The molecule has 0 bridgehead atoms. The molecular weight excluding hydrogens is 306 g/mol. The van der Waals surface area contributed by atoms with Crippen molar-refractivity contribution >= 4 is 21.7 Å². The molecule has 0 saturated heterocycles. The SMILES string of the molecule is CC(=O)c1ccc(F)cn1.Fc1ccc(Br)nc1. The van der Waals surface area contributed by atoms with Gasteiger partial charge in [-0.05, 0) is 40.2 Å². The van der Waals surface area contributed by atoms with E-state index in [1.807, 2.05) is 0 Å². The molecule has 18 heavy (non-hydrogen) atoms. The van der Waals surface area contributed by atoms with Crippen LogP contribution in [-0.4, -0.2) is 15.8 Å². The molecular formula is C12H9BrF2N2O. The highest BCUT2D eigenvalue weighted by molar-refractivity contribution is 9.10. The van der Waals surface area contributed by atoms with Gasteiger partial charge in [-0.3, -0.25) is 9.78 Å². The summed E-state index contributed by atoms with van der Waals surface area (Å²) in [5.41, 5.74) is 0.293. The maximum atomic E-state index is 12.2. The number of halogens is 3. The van der Waals surface area contributed by atoms with Gasteiger partial charge in [-0.1, -0.05) is 0 Å². The number of Topliss-reactive ketones (excluding diaryl/α,β-unsaturated/α-hetero) is 1. The van der Waals surface area contributed by atoms with Crippen LogP contribution in [0.5, 0.6) is 0 Å². The first-order chi connectivity index (χ1) is 8.49. The van der Waals surface area contributed by atoms with Crippen molar-refractivity contribution in [2.75, 3.05) is 0 Å². The zero-order valence-electron chi connectivity index (χ0n) is 9.40. The van der Waals surface area contributed by atoms with Crippen LogP contribution in [0.4, 0.5) is 8.78 Å². The maximum absolute atomic E-state index is 12.2. The van der Waals surface area contributed by atoms with Crippen molar-refractivity contribution in [1.82, 2.24) is 9.97 Å². The Morgan fingerprint density at radius 2 is 1.61 bits per heavy atom. The lowest BCUT2D eigenvalue weighted by molar-refractivity contribution is 0.101. The predicted octanol–water partition coefficient (Wildman–Crippen LogP) is 3.41. The average Bonchev–Trinajstić information content (AvgIpc) is 2.34. The first-order valence-electron chi connectivity index (χ1n) is 4.88. The van der Waals surface area contributed by atoms with Gasteiger partial charge < -0.3 is 0 Å². The summed E-state index contributed by atoms with van der Waals surface area (Å²) in [6.07, 6.45) is 2.18. The molecule has 3 nitrogen and oxygen atoms in total. The molecule has 2 heterocycles. The number of nitrogens with zero attached hydrogens (tertiary/aromatic N) is 2. The molecule has 0 N–H and O–H groups in total. The Kier molecular flexibility index (Phi) is 5.51. The lowest BCUT2D eigenvalue weighted by Gasteiger charge is -1.90. The van der Waals surface area contributed by atoms with E-state index in [4.69, 9.17) is 0 Å². The van der Waals surface area contributed by atoms with Crippen molar-refractivity contribution < 1.29 is 13.6 Å². The molecule has 0 unspecified atom stereocenters. The molecule has 0 amide bonds. The lowest BCUT2D eigenvalue weighted by Crippen LogP contribution is -1.95. The molecule has 0 fully saturated rings. The molecule has 2 rings (SSSR count). The first-order valence-corrected chi connectivity index (χ1v) is 5.68. The van der Waals surface area contributed by atoms with E-state index in [1.54, 1.807) is 6.07 Å². The van der Waals surface area contributed by atoms with Gasteiger partial charge in [0.2, 0.25) is 0 Å². The van der Waals surface area contributed by atoms with Crippen molar-refractivity contribution in [2.24, 2.45) is 0 Å². The second-order valence-corrected chi connectivity index (χ2v) is 4.03. The third kappa shape index (κ3) is 5.09. The zero-order chi connectivity index (χ0) is 13.5. The Bertz CT molecular complexity index is 494. The van der Waals surface area contributed by atoms with Gasteiger partial charge in [0.1, 0.15) is 21.9 Å². The number of pyridine rings is 2. The number of hydrogen-bond donors (Lipinski definition) is 0. The van der Waals surface area contributed by atoms with Gasteiger partial charge in [0.15, 0.2) is 5.78 Å². The summed E-state index contributed by atoms with van der Waals surface area (Å²) in [4.78, 5) is 17.7. The van der Waals surface area contributed by atoms with Gasteiger partial charge >= 0.3 is 0 Å². The summed E-state index contributed by atoms with van der Waals surface area (Å²) in [5, 5.41) is 0. The fraction of sp³-hybridized carbons (Fsp3) is 0.0833. The van der Waals surface area contributed by atoms with Crippen LogP contribution in [-0.2, 0) is 0 Å². The minimum atomic E-state index is -0.426. The fourth-order valence-electron chi connectivity index (χ4n) is 0.942. The number of carbonyl (C=O) groups excluding carboxylic acids is 1. The quantitative estimate of drug-likeness (QED) is 0.598. The highest BCUT2D eigenvalue weighted by Crippen LogP contribution is 2.03. The molecule has 6 heteroatoms. The molecule has 0 radical (unpaired) electrons. The predicted molar refractivity (Wildman–Crippen MR) is 66.1 cm³/mol. The van der Waals surface area contributed by atoms with Gasteiger partial charge in [0.25, 0.3) is 0 Å². The van der Waals surface area contributed by atoms with E-state index in [0.717, 1.165) is 12.4 Å². The number of hydrogen-bond acceptors (Lipinski definition) is 3. The molecule has 94 valence electrons. The number of ketones is 1. The van der Waals surface area contributed by atoms with Gasteiger partial charge in [-0.2, -0.15) is 0 Å². The van der Waals surface area contributed by atoms with Crippen molar-refractivity contribution in [2.45, 2.75) is 6.92 Å². The highest BCUT2D eigenvalue weighted by atomic mass is 79.9. The van der Waals surface area contributed by atoms with E-state index in [-0.39, 0.29) is 11.6 Å². The first kappa shape index (κ1) is 14.4. The topological polar surface area (TPSA) is 42.9 Å². The second-order valence-electron chi connectivity index (χ2n) is 3.22. The second kappa shape index (κ2) is 6.90. The minimum Gasteiger partial charge on any atom is -0.293 e. The Morgan fingerprint density at radius 1 is 1.06 bits per heavy atom. The summed E-state index contributed by atoms with van der Waals surface area (Å²) in [6.45, 7) is 1.39. The van der Waals surface area contributed by atoms with Crippen LogP contribution in [0.15, 0.2) is 41.3 Å². The third-order valence-corrected chi connectivity index (χ3v) is 2.25. The van der Waals surface area contributed by atoms with E-state index in [1.165, 1.54) is 25.1 Å². The molecule has 2 aromatic rings. The smallest absolute Gasteiger partial charge is 0.178 e. The molecule has 0 aliphatic rings. The average molecular weight is 315 g/mol. The van der Waals surface area contributed by atoms with Crippen LogP contribution in [0.2, 0.25) is 0 Å². The van der Waals surface area contributed by atoms with Crippen LogP contribution in [0.25, 0.3) is 0 Å². The monoisotopic (exact) mass is 314 g/mol. The molecule has 0 atom stereocenters. The van der Waals surface area contributed by atoms with Gasteiger partial charge in [0.05, 0.1) is 12.4 Å². The molecule has 0 spiro atoms. The van der Waals surface area contributed by atoms with E-state index in [0.29, 0.717) is 10.3 Å². The minimum absolute atomic E-state index is 0.153. The molecule has 0 aromatic carbocycles. The van der Waals surface area contributed by atoms with E-state index in [9.17, 15) is 13.6 Å². The van der Waals surface area contributed by atoms with Crippen molar-refractivity contribution in [3.8, 4) is 0 Å². The van der Waals surface area contributed by atoms with Crippen molar-refractivity contribution in [3.63, 3.8) is 0 Å². The number of rotatable bonds is 1. The summed E-state index contributed by atoms with van der Waals surface area (Å²) in [5.74, 6) is -0.891. The van der Waals surface area contributed by atoms with Crippen LogP contribution in [0.1, 0.15) is 17.4 Å². The van der Waals surface area contributed by atoms with Gasteiger partial charge in [0, 0.05) is 6.92 Å². The van der Waals surface area contributed by atoms with Gasteiger partial charge in [-0.15, -0.1) is 0 Å². The summed E-state index contributed by atoms with van der Waals surface area (Å²) >= 11 is 3.07. The molecule has 0 saturated carbocycles. The molecule has 2 aromatic heterocycles. The lowest BCUT2D eigenvalue weighted by atomic mass is 10.3. The Balaban J connectivity index is 0.000000184. The normalized spacial score (nSPS) is 9.33. The third-order valence-electron chi connectivity index (χ3n) is 1.78. The Labute approximate surface area is 111 Å². The van der Waals surface area contributed by atoms with Crippen LogP contribution in [0.3, 0.4) is 0 Å². The summed E-state index contributed by atoms with van der Waals surface area (Å²) in [6, 6.07) is 5.47. The highest BCUT2D eigenvalue weighted by Gasteiger charge is 1.98. The van der Waals surface area contributed by atoms with E-state index < -0.39 is 5.82 Å². The van der Waals surface area contributed by atoms with Crippen LogP contribution in [0, 0.1) is 11.6 Å². The molecule has 0 aliphatic heterocycles. The van der Waals surface area contributed by atoms with Crippen molar-refractivity contribution in [1.29, 1.82) is 0 Å². The van der Waals surface area contributed by atoms with E-state index in [2.05, 4.69) is 25.9 Å². The largest absolute Gasteiger partial charge is 0.293 e. The number of aromatic nitrogens is 2. The fourth-order valence-corrected chi connectivity index (χ4v) is 1.18. The van der Waals surface area contributed by atoms with Gasteiger partial charge in [-0.25, -0.2) is 13.8 Å². The Hall–Kier alpha value is -1.69. The van der Waals surface area contributed by atoms with Crippen LogP contribution < -0.4 is 0 Å². The zero-order valence-corrected chi connectivity index (χ0v) is 11.0. The van der Waals surface area contributed by atoms with Crippen molar-refractivity contribution in [3.05, 3.63) is 58.6 Å².